The molecule has 0 atom stereocenters. The molecule has 0 fully saturated rings. The topological polar surface area (TPSA) is 59.1 Å². The average molecular weight is 314 g/mol. The Labute approximate surface area is 126 Å². The molecule has 7 heteroatoms. The van der Waals surface area contributed by atoms with Crippen molar-refractivity contribution >= 4 is 10.2 Å². The van der Waals surface area contributed by atoms with Gasteiger partial charge in [-0.3, -0.25) is 0 Å². The van der Waals surface area contributed by atoms with Gasteiger partial charge >= 0.3 is 0 Å². The van der Waals surface area contributed by atoms with Crippen LogP contribution in [0, 0.1) is 0 Å². The molecule has 0 spiro atoms. The van der Waals surface area contributed by atoms with Gasteiger partial charge in [0, 0.05) is 26.2 Å². The summed E-state index contributed by atoms with van der Waals surface area (Å²) in [4.78, 5) is 0. The molecule has 1 aliphatic heterocycles. The van der Waals surface area contributed by atoms with Gasteiger partial charge < -0.3 is 9.47 Å². The highest BCUT2D eigenvalue weighted by Gasteiger charge is 2.27. The largest absolute Gasteiger partial charge is 0.454 e. The lowest BCUT2D eigenvalue weighted by atomic mass is 10.2. The van der Waals surface area contributed by atoms with Crippen LogP contribution in [-0.2, 0) is 16.8 Å². The molecule has 0 saturated heterocycles. The van der Waals surface area contributed by atoms with Gasteiger partial charge in [0.2, 0.25) is 6.79 Å². The third-order valence-electron chi connectivity index (χ3n) is 3.51. The number of hydrogen-bond acceptors (Lipinski definition) is 4. The maximum absolute atomic E-state index is 12.6. The van der Waals surface area contributed by atoms with Gasteiger partial charge in [0.25, 0.3) is 10.2 Å². The van der Waals surface area contributed by atoms with Crippen LogP contribution < -0.4 is 9.47 Å². The molecule has 2 rings (SSSR count). The second-order valence-electron chi connectivity index (χ2n) is 4.71. The number of benzene rings is 1. The first-order valence-electron chi connectivity index (χ1n) is 7.16. The van der Waals surface area contributed by atoms with Crippen molar-refractivity contribution in [2.45, 2.75) is 27.3 Å². The van der Waals surface area contributed by atoms with Crippen molar-refractivity contribution in [3.63, 3.8) is 0 Å². The Kier molecular flexibility index (Phi) is 5.08. The van der Waals surface area contributed by atoms with Crippen LogP contribution in [0.2, 0.25) is 0 Å². The van der Waals surface area contributed by atoms with Crippen molar-refractivity contribution in [1.29, 1.82) is 0 Å². The van der Waals surface area contributed by atoms with Crippen LogP contribution in [0.25, 0.3) is 0 Å². The van der Waals surface area contributed by atoms with Crippen molar-refractivity contribution < 1.29 is 17.9 Å². The second kappa shape index (κ2) is 6.64. The summed E-state index contributed by atoms with van der Waals surface area (Å²) < 4.78 is 38.6. The second-order valence-corrected chi connectivity index (χ2v) is 6.63. The highest BCUT2D eigenvalue weighted by molar-refractivity contribution is 7.86. The SMILES string of the molecule is CCN(CC)S(=O)(=O)N(CC)Cc1ccc2c(c1)OCO2. The maximum Gasteiger partial charge on any atom is 0.282 e. The fourth-order valence-corrected chi connectivity index (χ4v) is 3.93. The zero-order valence-electron chi connectivity index (χ0n) is 12.7. The van der Waals surface area contributed by atoms with Crippen molar-refractivity contribution in [3.05, 3.63) is 23.8 Å². The van der Waals surface area contributed by atoms with E-state index in [9.17, 15) is 8.42 Å². The minimum Gasteiger partial charge on any atom is -0.454 e. The fourth-order valence-electron chi connectivity index (χ4n) is 2.31. The van der Waals surface area contributed by atoms with E-state index in [2.05, 4.69) is 0 Å². The van der Waals surface area contributed by atoms with E-state index in [1.165, 1.54) is 8.61 Å². The quantitative estimate of drug-likeness (QED) is 0.770. The lowest BCUT2D eigenvalue weighted by Crippen LogP contribution is -2.43. The Morgan fingerprint density at radius 3 is 2.24 bits per heavy atom. The summed E-state index contributed by atoms with van der Waals surface area (Å²) >= 11 is 0. The fraction of sp³-hybridized carbons (Fsp3) is 0.571. The molecule has 1 aromatic rings. The van der Waals surface area contributed by atoms with Gasteiger partial charge in [-0.2, -0.15) is 17.0 Å². The van der Waals surface area contributed by atoms with Crippen LogP contribution in [0.5, 0.6) is 11.5 Å². The van der Waals surface area contributed by atoms with E-state index >= 15 is 0 Å². The molecule has 118 valence electrons. The molecule has 0 bridgehead atoms. The summed E-state index contributed by atoms with van der Waals surface area (Å²) in [6, 6.07) is 5.52. The van der Waals surface area contributed by atoms with Gasteiger partial charge in [0.15, 0.2) is 11.5 Å². The normalized spacial score (nSPS) is 14.1. The summed E-state index contributed by atoms with van der Waals surface area (Å²) in [5.74, 6) is 1.37. The van der Waals surface area contributed by atoms with E-state index in [1.807, 2.05) is 39.0 Å². The third-order valence-corrected chi connectivity index (χ3v) is 5.72. The van der Waals surface area contributed by atoms with Crippen molar-refractivity contribution in [3.8, 4) is 11.5 Å². The van der Waals surface area contributed by atoms with Crippen LogP contribution in [0.3, 0.4) is 0 Å². The number of nitrogens with zero attached hydrogens (tertiary/aromatic N) is 2. The molecule has 21 heavy (non-hydrogen) atoms. The van der Waals surface area contributed by atoms with Crippen LogP contribution in [0.1, 0.15) is 26.3 Å². The zero-order chi connectivity index (χ0) is 15.5. The third kappa shape index (κ3) is 3.30. The predicted molar refractivity (Wildman–Crippen MR) is 80.5 cm³/mol. The van der Waals surface area contributed by atoms with Crippen molar-refractivity contribution in [2.75, 3.05) is 26.4 Å². The zero-order valence-corrected chi connectivity index (χ0v) is 13.5. The number of fused-ring (bicyclic) bond motifs is 1. The molecular formula is C14H22N2O4S. The Morgan fingerprint density at radius 1 is 1.00 bits per heavy atom. The first-order chi connectivity index (χ1) is 10.0. The van der Waals surface area contributed by atoms with E-state index < -0.39 is 10.2 Å². The van der Waals surface area contributed by atoms with Crippen LogP contribution in [-0.4, -0.2) is 43.5 Å². The van der Waals surface area contributed by atoms with Crippen LogP contribution in [0.15, 0.2) is 18.2 Å². The van der Waals surface area contributed by atoms with Crippen LogP contribution >= 0.6 is 0 Å². The summed E-state index contributed by atoms with van der Waals surface area (Å²) in [6.07, 6.45) is 0. The first kappa shape index (κ1) is 16.1. The van der Waals surface area contributed by atoms with Crippen molar-refractivity contribution in [2.24, 2.45) is 0 Å². The Bertz CT molecular complexity index is 585. The van der Waals surface area contributed by atoms with E-state index in [-0.39, 0.29) is 6.79 Å². The summed E-state index contributed by atoms with van der Waals surface area (Å²) in [5, 5.41) is 0. The van der Waals surface area contributed by atoms with Gasteiger partial charge in [0.05, 0.1) is 0 Å². The van der Waals surface area contributed by atoms with E-state index in [1.54, 1.807) is 0 Å². The maximum atomic E-state index is 12.6. The highest BCUT2D eigenvalue weighted by Crippen LogP contribution is 2.33. The minimum atomic E-state index is -3.43. The van der Waals surface area contributed by atoms with Crippen LogP contribution in [0.4, 0.5) is 0 Å². The molecule has 0 unspecified atom stereocenters. The molecule has 0 radical (unpaired) electrons. The molecule has 0 aromatic heterocycles. The molecule has 1 heterocycles. The summed E-state index contributed by atoms with van der Waals surface area (Å²) in [6.45, 7) is 7.43. The van der Waals surface area contributed by atoms with Gasteiger partial charge in [-0.1, -0.05) is 26.8 Å². The molecule has 1 aromatic carbocycles. The molecular weight excluding hydrogens is 292 g/mol. The smallest absolute Gasteiger partial charge is 0.282 e. The first-order valence-corrected chi connectivity index (χ1v) is 8.56. The molecule has 1 aliphatic rings. The molecule has 0 amide bonds. The molecule has 0 aliphatic carbocycles. The van der Waals surface area contributed by atoms with E-state index in [4.69, 9.17) is 9.47 Å². The van der Waals surface area contributed by atoms with Gasteiger partial charge in [-0.25, -0.2) is 0 Å². The number of ether oxygens (including phenoxy) is 2. The highest BCUT2D eigenvalue weighted by atomic mass is 32.2. The molecule has 0 N–H and O–H groups in total. The monoisotopic (exact) mass is 314 g/mol. The van der Waals surface area contributed by atoms with E-state index in [0.717, 1.165) is 5.56 Å². The van der Waals surface area contributed by atoms with Gasteiger partial charge in [-0.15, -0.1) is 0 Å². The Hall–Kier alpha value is -1.31. The average Bonchev–Trinajstić information content (AvgIpc) is 2.93. The standard InChI is InChI=1S/C14H22N2O4S/c1-4-15(5-2)21(17,18)16(6-3)10-12-7-8-13-14(9-12)20-11-19-13/h7-9H,4-6,10-11H2,1-3H3. The summed E-state index contributed by atoms with van der Waals surface area (Å²) in [7, 11) is -3.43. The van der Waals surface area contributed by atoms with Gasteiger partial charge in [-0.05, 0) is 17.7 Å². The molecule has 0 saturated carbocycles. The predicted octanol–water partition coefficient (Wildman–Crippen LogP) is 1.82. The minimum absolute atomic E-state index is 0.216. The Morgan fingerprint density at radius 2 is 1.62 bits per heavy atom. The lowest BCUT2D eigenvalue weighted by Gasteiger charge is -2.27. The van der Waals surface area contributed by atoms with Gasteiger partial charge in [0.1, 0.15) is 0 Å². The summed E-state index contributed by atoms with van der Waals surface area (Å²) in [5.41, 5.74) is 0.886. The molecule has 6 nitrogen and oxygen atoms in total. The number of rotatable bonds is 7. The van der Waals surface area contributed by atoms with Crippen molar-refractivity contribution in [1.82, 2.24) is 8.61 Å². The van der Waals surface area contributed by atoms with E-state index in [0.29, 0.717) is 37.7 Å². The Balaban J connectivity index is 2.19. The number of hydrogen-bond donors (Lipinski definition) is 0. The lowest BCUT2D eigenvalue weighted by molar-refractivity contribution is 0.174.